The number of benzene rings is 1. The molecule has 0 bridgehead atoms. The molecule has 0 aliphatic rings. The van der Waals surface area contributed by atoms with Crippen molar-refractivity contribution >= 4 is 23.6 Å². The van der Waals surface area contributed by atoms with E-state index in [1.807, 2.05) is 6.92 Å². The Balaban J connectivity index is 3.33. The molecule has 6 heteroatoms. The third-order valence-corrected chi connectivity index (χ3v) is 2.60. The van der Waals surface area contributed by atoms with Crippen molar-refractivity contribution in [3.63, 3.8) is 0 Å². The minimum Gasteiger partial charge on any atom is -0.493 e. The third kappa shape index (κ3) is 3.63. The van der Waals surface area contributed by atoms with Gasteiger partial charge in [0.1, 0.15) is 11.6 Å². The summed E-state index contributed by atoms with van der Waals surface area (Å²) in [5, 5.41) is 9.13. The number of rotatable bonds is 5. The van der Waals surface area contributed by atoms with E-state index < -0.39 is 5.91 Å². The monoisotopic (exact) mass is 280 g/mol. The second-order valence-corrected chi connectivity index (χ2v) is 3.90. The molecule has 0 aliphatic carbocycles. The van der Waals surface area contributed by atoms with Gasteiger partial charge in [-0.3, -0.25) is 4.79 Å². The van der Waals surface area contributed by atoms with Crippen LogP contribution in [0.1, 0.15) is 12.5 Å². The van der Waals surface area contributed by atoms with Gasteiger partial charge in [0, 0.05) is 6.07 Å². The van der Waals surface area contributed by atoms with Crippen LogP contribution in [0.2, 0.25) is 5.02 Å². The Morgan fingerprint density at radius 1 is 1.53 bits per heavy atom. The van der Waals surface area contributed by atoms with Gasteiger partial charge in [-0.05, 0) is 24.6 Å². The molecule has 2 N–H and O–H groups in total. The molecule has 0 unspecified atom stereocenters. The maximum absolute atomic E-state index is 11.0. The lowest BCUT2D eigenvalue weighted by atomic mass is 10.1. The number of hydrogen-bond acceptors (Lipinski definition) is 4. The van der Waals surface area contributed by atoms with Crippen molar-refractivity contribution < 1.29 is 14.3 Å². The van der Waals surface area contributed by atoms with Gasteiger partial charge in [-0.25, -0.2) is 0 Å². The van der Waals surface area contributed by atoms with Crippen molar-refractivity contribution in [3.05, 3.63) is 28.3 Å². The average Bonchev–Trinajstić information content (AvgIpc) is 2.38. The molecule has 1 aromatic rings. The van der Waals surface area contributed by atoms with Crippen LogP contribution >= 0.6 is 11.6 Å². The smallest absolute Gasteiger partial charge is 0.259 e. The molecule has 0 saturated heterocycles. The van der Waals surface area contributed by atoms with Gasteiger partial charge >= 0.3 is 0 Å². The molecule has 0 radical (unpaired) electrons. The lowest BCUT2D eigenvalue weighted by molar-refractivity contribution is -0.114. The minimum absolute atomic E-state index is 0.186. The first-order valence-corrected chi connectivity index (χ1v) is 5.83. The fourth-order valence-corrected chi connectivity index (χ4v) is 1.61. The van der Waals surface area contributed by atoms with Crippen molar-refractivity contribution in [1.29, 1.82) is 5.26 Å². The molecule has 100 valence electrons. The standard InChI is InChI=1S/C13H13ClN2O3/c1-3-19-12-5-8(4-9(7-15)13(16)17)10(14)6-11(12)18-2/h4-6H,3H2,1-2H3,(H2,16,17)/b9-4+. The second-order valence-electron chi connectivity index (χ2n) is 3.49. The highest BCUT2D eigenvalue weighted by Crippen LogP contribution is 2.34. The molecule has 19 heavy (non-hydrogen) atoms. The first-order chi connectivity index (χ1) is 9.03. The highest BCUT2D eigenvalue weighted by molar-refractivity contribution is 6.32. The van der Waals surface area contributed by atoms with E-state index in [0.29, 0.717) is 28.7 Å². The minimum atomic E-state index is -0.813. The van der Waals surface area contributed by atoms with Crippen molar-refractivity contribution in [1.82, 2.24) is 0 Å². The third-order valence-electron chi connectivity index (χ3n) is 2.27. The van der Waals surface area contributed by atoms with Crippen molar-refractivity contribution in [3.8, 4) is 17.6 Å². The largest absolute Gasteiger partial charge is 0.493 e. The van der Waals surface area contributed by atoms with Crippen LogP contribution in [0.15, 0.2) is 17.7 Å². The van der Waals surface area contributed by atoms with Crippen molar-refractivity contribution in [2.24, 2.45) is 5.73 Å². The molecule has 0 heterocycles. The zero-order valence-corrected chi connectivity index (χ0v) is 11.3. The molecule has 0 spiro atoms. The van der Waals surface area contributed by atoms with E-state index in [2.05, 4.69) is 0 Å². The molecule has 5 nitrogen and oxygen atoms in total. The Kier molecular flexibility index (Phi) is 5.22. The molecule has 0 fully saturated rings. The quantitative estimate of drug-likeness (QED) is 0.661. The molecule has 1 rings (SSSR count). The van der Waals surface area contributed by atoms with Crippen LogP contribution in [-0.2, 0) is 4.79 Å². The van der Waals surface area contributed by atoms with Gasteiger partial charge in [0.05, 0.1) is 18.7 Å². The van der Waals surface area contributed by atoms with Crippen LogP contribution in [0, 0.1) is 11.3 Å². The fourth-order valence-electron chi connectivity index (χ4n) is 1.40. The first kappa shape index (κ1) is 14.9. The predicted octanol–water partition coefficient (Wildman–Crippen LogP) is 2.14. The maximum Gasteiger partial charge on any atom is 0.259 e. The lowest BCUT2D eigenvalue weighted by Gasteiger charge is -2.11. The number of amides is 1. The molecule has 0 aliphatic heterocycles. The molecule has 0 atom stereocenters. The van der Waals surface area contributed by atoms with Gasteiger partial charge in [0.2, 0.25) is 0 Å². The summed E-state index contributed by atoms with van der Waals surface area (Å²) < 4.78 is 10.5. The normalized spacial score (nSPS) is 10.7. The highest BCUT2D eigenvalue weighted by atomic mass is 35.5. The highest BCUT2D eigenvalue weighted by Gasteiger charge is 2.11. The Morgan fingerprint density at radius 2 is 2.21 bits per heavy atom. The van der Waals surface area contributed by atoms with E-state index in [1.165, 1.54) is 13.2 Å². The Hall–Kier alpha value is -2.19. The zero-order valence-electron chi connectivity index (χ0n) is 10.6. The van der Waals surface area contributed by atoms with Crippen LogP contribution in [0.4, 0.5) is 0 Å². The number of nitriles is 1. The summed E-state index contributed by atoms with van der Waals surface area (Å²) in [4.78, 5) is 11.0. The summed E-state index contributed by atoms with van der Waals surface area (Å²) in [6.07, 6.45) is 1.31. The lowest BCUT2D eigenvalue weighted by Crippen LogP contribution is -2.12. The number of methoxy groups -OCH3 is 1. The summed E-state index contributed by atoms with van der Waals surface area (Å²) in [6.45, 7) is 2.27. The van der Waals surface area contributed by atoms with Crippen LogP contribution in [0.5, 0.6) is 11.5 Å². The van der Waals surface area contributed by atoms with Crippen LogP contribution < -0.4 is 15.2 Å². The van der Waals surface area contributed by atoms with E-state index in [9.17, 15) is 4.79 Å². The summed E-state index contributed by atoms with van der Waals surface area (Å²) in [7, 11) is 1.49. The molecule has 0 aromatic heterocycles. The first-order valence-electron chi connectivity index (χ1n) is 5.45. The number of ether oxygens (including phenoxy) is 2. The summed E-state index contributed by atoms with van der Waals surface area (Å²) in [5.74, 6) is 0.135. The van der Waals surface area contributed by atoms with Crippen molar-refractivity contribution in [2.75, 3.05) is 13.7 Å². The van der Waals surface area contributed by atoms with Crippen LogP contribution in [0.3, 0.4) is 0 Å². The van der Waals surface area contributed by atoms with Crippen LogP contribution in [0.25, 0.3) is 6.08 Å². The SMILES string of the molecule is CCOc1cc(/C=C(\C#N)C(N)=O)c(Cl)cc1OC. The fraction of sp³-hybridized carbons (Fsp3) is 0.231. The van der Waals surface area contributed by atoms with E-state index in [1.54, 1.807) is 18.2 Å². The van der Waals surface area contributed by atoms with Gasteiger partial charge < -0.3 is 15.2 Å². The van der Waals surface area contributed by atoms with Gasteiger partial charge in [-0.15, -0.1) is 0 Å². The van der Waals surface area contributed by atoms with E-state index >= 15 is 0 Å². The average molecular weight is 281 g/mol. The predicted molar refractivity (Wildman–Crippen MR) is 72.0 cm³/mol. The van der Waals surface area contributed by atoms with E-state index in [0.717, 1.165) is 0 Å². The summed E-state index contributed by atoms with van der Waals surface area (Å²) in [5.41, 5.74) is 5.34. The summed E-state index contributed by atoms with van der Waals surface area (Å²) >= 11 is 6.04. The number of nitrogens with two attached hydrogens (primary N) is 1. The molecule has 0 saturated carbocycles. The molecule has 1 aromatic carbocycles. The van der Waals surface area contributed by atoms with Crippen LogP contribution in [-0.4, -0.2) is 19.6 Å². The van der Waals surface area contributed by atoms with E-state index in [-0.39, 0.29) is 5.57 Å². The number of carbonyl (C=O) groups excluding carboxylic acids is 1. The van der Waals surface area contributed by atoms with Gasteiger partial charge in [0.15, 0.2) is 11.5 Å². The molecular weight excluding hydrogens is 268 g/mol. The molecule has 1 amide bonds. The summed E-state index contributed by atoms with van der Waals surface area (Å²) in [6, 6.07) is 4.85. The Morgan fingerprint density at radius 3 is 2.68 bits per heavy atom. The van der Waals surface area contributed by atoms with E-state index in [4.69, 9.17) is 32.1 Å². The van der Waals surface area contributed by atoms with Gasteiger partial charge in [-0.2, -0.15) is 5.26 Å². The number of carbonyl (C=O) groups is 1. The molecular formula is C13H13ClN2O3. The number of hydrogen-bond donors (Lipinski definition) is 1. The topological polar surface area (TPSA) is 85.3 Å². The number of nitrogens with zero attached hydrogens (tertiary/aromatic N) is 1. The number of halogens is 1. The van der Waals surface area contributed by atoms with Gasteiger partial charge in [-0.1, -0.05) is 11.6 Å². The second kappa shape index (κ2) is 6.66. The van der Waals surface area contributed by atoms with Crippen molar-refractivity contribution in [2.45, 2.75) is 6.92 Å². The zero-order chi connectivity index (χ0) is 14.4. The Bertz CT molecular complexity index is 562. The van der Waals surface area contributed by atoms with Gasteiger partial charge in [0.25, 0.3) is 5.91 Å². The number of primary amides is 1. The maximum atomic E-state index is 11.0. The Labute approximate surface area is 116 Å².